The Morgan fingerprint density at radius 3 is 2.54 bits per heavy atom. The van der Waals surface area contributed by atoms with E-state index in [0.29, 0.717) is 24.5 Å². The van der Waals surface area contributed by atoms with Gasteiger partial charge in [0.2, 0.25) is 5.82 Å². The Morgan fingerprint density at radius 1 is 1.19 bits per heavy atom. The van der Waals surface area contributed by atoms with Gasteiger partial charge in [-0.2, -0.15) is 4.39 Å². The quantitative estimate of drug-likeness (QED) is 0.426. The first-order valence-corrected chi connectivity index (χ1v) is 8.92. The van der Waals surface area contributed by atoms with Gasteiger partial charge in [0, 0.05) is 13.2 Å². The van der Waals surface area contributed by atoms with Crippen LogP contribution in [0, 0.1) is 22.9 Å². The van der Waals surface area contributed by atoms with Crippen LogP contribution < -0.4 is 9.46 Å². The molecule has 2 aromatic rings. The number of hydrogen-bond donors (Lipinski definition) is 1. The van der Waals surface area contributed by atoms with E-state index < -0.39 is 26.5 Å². The van der Waals surface area contributed by atoms with Crippen molar-refractivity contribution in [2.75, 3.05) is 25.0 Å². The van der Waals surface area contributed by atoms with Crippen LogP contribution in [-0.2, 0) is 14.8 Å². The Hall–Kier alpha value is -2.72. The van der Waals surface area contributed by atoms with Gasteiger partial charge in [-0.15, -0.1) is 0 Å². The van der Waals surface area contributed by atoms with E-state index in [1.807, 2.05) is 0 Å². The second-order valence-electron chi connectivity index (χ2n) is 5.30. The third-order valence-electron chi connectivity index (χ3n) is 3.40. The average molecular weight is 384 g/mol. The Balaban J connectivity index is 2.24. The van der Waals surface area contributed by atoms with Crippen LogP contribution in [0.15, 0.2) is 41.3 Å². The molecule has 0 aromatic heterocycles. The summed E-state index contributed by atoms with van der Waals surface area (Å²) in [6.45, 7) is 2.40. The molecule has 2 aromatic carbocycles. The zero-order valence-corrected chi connectivity index (χ0v) is 14.9. The number of rotatable bonds is 8. The largest absolute Gasteiger partial charge is 0.491 e. The van der Waals surface area contributed by atoms with Gasteiger partial charge in [0.05, 0.1) is 22.1 Å². The molecule has 0 radical (unpaired) electrons. The van der Waals surface area contributed by atoms with E-state index in [1.165, 1.54) is 25.3 Å². The van der Waals surface area contributed by atoms with Crippen molar-refractivity contribution in [2.45, 2.75) is 11.8 Å². The highest BCUT2D eigenvalue weighted by molar-refractivity contribution is 7.92. The molecule has 1 N–H and O–H groups in total. The number of benzene rings is 2. The molecule has 0 heterocycles. The van der Waals surface area contributed by atoms with Crippen LogP contribution in [0.25, 0.3) is 0 Å². The fraction of sp³-hybridized carbons (Fsp3) is 0.250. The molecule has 0 unspecified atom stereocenters. The van der Waals surface area contributed by atoms with Crippen molar-refractivity contribution in [3.63, 3.8) is 0 Å². The van der Waals surface area contributed by atoms with E-state index in [4.69, 9.17) is 9.47 Å². The number of methoxy groups -OCH3 is 1. The topological polar surface area (TPSA) is 108 Å². The lowest BCUT2D eigenvalue weighted by atomic mass is 10.2. The van der Waals surface area contributed by atoms with Gasteiger partial charge in [0.1, 0.15) is 12.4 Å². The van der Waals surface area contributed by atoms with Crippen LogP contribution in [0.2, 0.25) is 0 Å². The maximum absolute atomic E-state index is 13.4. The molecule has 10 heteroatoms. The molecular weight excluding hydrogens is 367 g/mol. The predicted octanol–water partition coefficient (Wildman–Crippen LogP) is 2.87. The summed E-state index contributed by atoms with van der Waals surface area (Å²) in [5.74, 6) is -0.537. The molecular formula is C16H17FN2O6S. The fourth-order valence-electron chi connectivity index (χ4n) is 2.12. The molecule has 8 nitrogen and oxygen atoms in total. The Morgan fingerprint density at radius 2 is 1.92 bits per heavy atom. The summed E-state index contributed by atoms with van der Waals surface area (Å²) in [6, 6.07) is 7.01. The molecule has 0 amide bonds. The summed E-state index contributed by atoms with van der Waals surface area (Å²) in [6.07, 6.45) is 0. The zero-order valence-electron chi connectivity index (χ0n) is 14.1. The van der Waals surface area contributed by atoms with Crippen LogP contribution in [0.5, 0.6) is 5.75 Å². The maximum atomic E-state index is 13.4. The van der Waals surface area contributed by atoms with E-state index in [1.54, 1.807) is 6.92 Å². The molecule has 0 aliphatic heterocycles. The van der Waals surface area contributed by atoms with Crippen molar-refractivity contribution in [1.82, 2.24) is 0 Å². The smallest absolute Gasteiger partial charge is 0.306 e. The van der Waals surface area contributed by atoms with Crippen molar-refractivity contribution < 1.29 is 27.2 Å². The summed E-state index contributed by atoms with van der Waals surface area (Å²) in [5.41, 5.74) is -0.339. The molecule has 0 aliphatic rings. The number of nitro benzene ring substituents is 1. The molecule has 0 fully saturated rings. The monoisotopic (exact) mass is 384 g/mol. The summed E-state index contributed by atoms with van der Waals surface area (Å²) >= 11 is 0. The Bertz CT molecular complexity index is 917. The molecule has 0 saturated heterocycles. The van der Waals surface area contributed by atoms with Crippen molar-refractivity contribution in [3.8, 4) is 5.75 Å². The highest BCUT2D eigenvalue weighted by Gasteiger charge is 2.19. The SMILES string of the molecule is COCCOc1ccc(S(=O)(=O)Nc2ccc(F)c([N+](=O)[O-])c2)cc1C. The summed E-state index contributed by atoms with van der Waals surface area (Å²) in [4.78, 5) is 9.78. The van der Waals surface area contributed by atoms with E-state index >= 15 is 0 Å². The fourth-order valence-corrected chi connectivity index (χ4v) is 3.25. The lowest BCUT2D eigenvalue weighted by molar-refractivity contribution is -0.387. The predicted molar refractivity (Wildman–Crippen MR) is 92.4 cm³/mol. The van der Waals surface area contributed by atoms with E-state index in [2.05, 4.69) is 4.72 Å². The Kier molecular flexibility index (Phi) is 6.11. The highest BCUT2D eigenvalue weighted by atomic mass is 32.2. The molecule has 0 atom stereocenters. The lowest BCUT2D eigenvalue weighted by Gasteiger charge is -2.12. The maximum Gasteiger partial charge on any atom is 0.306 e. The van der Waals surface area contributed by atoms with Gasteiger partial charge in [-0.25, -0.2) is 8.42 Å². The van der Waals surface area contributed by atoms with Crippen LogP contribution in [0.3, 0.4) is 0 Å². The minimum atomic E-state index is -4.01. The second-order valence-corrected chi connectivity index (χ2v) is 6.98. The summed E-state index contributed by atoms with van der Waals surface area (Å²) < 4.78 is 50.8. The highest BCUT2D eigenvalue weighted by Crippen LogP contribution is 2.26. The first-order valence-electron chi connectivity index (χ1n) is 7.44. The number of anilines is 1. The van der Waals surface area contributed by atoms with Gasteiger partial charge in [-0.05, 0) is 42.8 Å². The number of nitro groups is 1. The molecule has 2 rings (SSSR count). The van der Waals surface area contributed by atoms with Crippen LogP contribution in [-0.4, -0.2) is 33.7 Å². The third-order valence-corrected chi connectivity index (χ3v) is 4.78. The first-order chi connectivity index (χ1) is 12.2. The van der Waals surface area contributed by atoms with E-state index in [9.17, 15) is 22.9 Å². The van der Waals surface area contributed by atoms with E-state index in [-0.39, 0.29) is 10.6 Å². The minimum absolute atomic E-state index is 0.0546. The average Bonchev–Trinajstić information content (AvgIpc) is 2.57. The normalized spacial score (nSPS) is 11.2. The molecule has 0 aliphatic carbocycles. The van der Waals surface area contributed by atoms with Gasteiger partial charge >= 0.3 is 5.69 Å². The van der Waals surface area contributed by atoms with Crippen LogP contribution >= 0.6 is 0 Å². The number of nitrogens with zero attached hydrogens (tertiary/aromatic N) is 1. The minimum Gasteiger partial charge on any atom is -0.491 e. The lowest BCUT2D eigenvalue weighted by Crippen LogP contribution is -2.14. The van der Waals surface area contributed by atoms with Crippen molar-refractivity contribution in [2.24, 2.45) is 0 Å². The number of ether oxygens (including phenoxy) is 2. The van der Waals surface area contributed by atoms with Crippen molar-refractivity contribution >= 4 is 21.4 Å². The van der Waals surface area contributed by atoms with Crippen LogP contribution in [0.1, 0.15) is 5.56 Å². The molecule has 0 saturated carbocycles. The standard InChI is InChI=1S/C16H17FN2O6S/c1-11-9-13(4-6-16(11)25-8-7-24-2)26(22,23)18-12-3-5-14(17)15(10-12)19(20)21/h3-6,9-10,18H,7-8H2,1-2H3. The molecule has 0 spiro atoms. The number of nitrogens with one attached hydrogen (secondary N) is 1. The zero-order chi connectivity index (χ0) is 19.3. The number of sulfonamides is 1. The van der Waals surface area contributed by atoms with Gasteiger partial charge in [-0.1, -0.05) is 0 Å². The molecule has 140 valence electrons. The second kappa shape index (κ2) is 8.11. The van der Waals surface area contributed by atoms with Crippen LogP contribution in [0.4, 0.5) is 15.8 Å². The number of hydrogen-bond acceptors (Lipinski definition) is 6. The Labute approximate surface area is 149 Å². The van der Waals surface area contributed by atoms with Gasteiger partial charge < -0.3 is 9.47 Å². The molecule has 26 heavy (non-hydrogen) atoms. The summed E-state index contributed by atoms with van der Waals surface area (Å²) in [5, 5.41) is 10.8. The first kappa shape index (κ1) is 19.6. The van der Waals surface area contributed by atoms with Gasteiger partial charge in [0.25, 0.3) is 10.0 Å². The van der Waals surface area contributed by atoms with Gasteiger partial charge in [0.15, 0.2) is 0 Å². The summed E-state index contributed by atoms with van der Waals surface area (Å²) in [7, 11) is -2.47. The van der Waals surface area contributed by atoms with Crippen molar-refractivity contribution in [1.29, 1.82) is 0 Å². The number of halogens is 1. The third kappa shape index (κ3) is 4.67. The number of aryl methyl sites for hydroxylation is 1. The van der Waals surface area contributed by atoms with E-state index in [0.717, 1.165) is 18.2 Å². The molecule has 0 bridgehead atoms. The van der Waals surface area contributed by atoms with Gasteiger partial charge in [-0.3, -0.25) is 14.8 Å². The van der Waals surface area contributed by atoms with Crippen molar-refractivity contribution in [3.05, 3.63) is 57.9 Å².